The minimum Gasteiger partial charge on any atom is -0.461 e. The van der Waals surface area contributed by atoms with Gasteiger partial charge in [-0.05, 0) is 24.0 Å². The van der Waals surface area contributed by atoms with E-state index in [2.05, 4.69) is 0 Å². The molecule has 2 rings (SSSR count). The molecule has 0 aromatic heterocycles. The average molecular weight is 341 g/mol. The summed E-state index contributed by atoms with van der Waals surface area (Å²) in [5, 5.41) is 11.7. The molecule has 1 unspecified atom stereocenters. The Hall–Kier alpha value is -2.17. The van der Waals surface area contributed by atoms with Crippen LogP contribution in [0.25, 0.3) is 0 Å². The van der Waals surface area contributed by atoms with Crippen molar-refractivity contribution in [1.82, 2.24) is 5.06 Å². The van der Waals surface area contributed by atoms with E-state index in [1.807, 2.05) is 81.4 Å². The number of esters is 1. The first kappa shape index (κ1) is 19.2. The van der Waals surface area contributed by atoms with Crippen molar-refractivity contribution in [3.8, 4) is 0 Å². The number of hydroxylamine groups is 2. The molecule has 0 bridgehead atoms. The van der Waals surface area contributed by atoms with E-state index < -0.39 is 0 Å². The zero-order valence-corrected chi connectivity index (χ0v) is 15.1. The van der Waals surface area contributed by atoms with Gasteiger partial charge in [-0.3, -0.25) is 4.79 Å². The second-order valence-corrected chi connectivity index (χ2v) is 6.65. The molecule has 0 amide bonds. The Bertz CT molecular complexity index is 643. The van der Waals surface area contributed by atoms with Gasteiger partial charge in [0.25, 0.3) is 0 Å². The molecule has 0 aliphatic rings. The Morgan fingerprint density at radius 2 is 1.56 bits per heavy atom. The number of benzene rings is 2. The molecule has 0 saturated carbocycles. The standard InChI is InChI=1S/C21H27NO3/c1-16(2)20(21(23)25-15-18-10-6-4-7-11-18)14-22(24)17(3)19-12-8-5-9-13-19/h4-13,16-17,20,24H,14-15H2,1-3H3/t17-,20?/m0/s1. The van der Waals surface area contributed by atoms with E-state index in [9.17, 15) is 10.0 Å². The van der Waals surface area contributed by atoms with Gasteiger partial charge in [-0.15, -0.1) is 0 Å². The predicted molar refractivity (Wildman–Crippen MR) is 97.9 cm³/mol. The van der Waals surface area contributed by atoms with Crippen molar-refractivity contribution in [1.29, 1.82) is 0 Å². The molecule has 25 heavy (non-hydrogen) atoms. The van der Waals surface area contributed by atoms with Gasteiger partial charge in [0.15, 0.2) is 0 Å². The number of nitrogens with zero attached hydrogens (tertiary/aromatic N) is 1. The summed E-state index contributed by atoms with van der Waals surface area (Å²) < 4.78 is 5.46. The van der Waals surface area contributed by atoms with Crippen molar-refractivity contribution in [2.75, 3.05) is 6.54 Å². The average Bonchev–Trinajstić information content (AvgIpc) is 2.64. The van der Waals surface area contributed by atoms with Crippen molar-refractivity contribution in [2.45, 2.75) is 33.4 Å². The number of carbonyl (C=O) groups is 1. The fourth-order valence-corrected chi connectivity index (χ4v) is 2.66. The summed E-state index contributed by atoms with van der Waals surface area (Å²) in [5.41, 5.74) is 1.96. The molecule has 4 heteroatoms. The maximum absolute atomic E-state index is 12.5. The molecule has 0 aliphatic heterocycles. The number of carbonyl (C=O) groups excluding carboxylic acids is 1. The predicted octanol–water partition coefficient (Wildman–Crippen LogP) is 4.45. The maximum atomic E-state index is 12.5. The van der Waals surface area contributed by atoms with E-state index in [1.54, 1.807) is 0 Å². The lowest BCUT2D eigenvalue weighted by Gasteiger charge is -2.28. The number of hydrogen-bond acceptors (Lipinski definition) is 4. The van der Waals surface area contributed by atoms with Crippen LogP contribution in [0, 0.1) is 11.8 Å². The zero-order valence-electron chi connectivity index (χ0n) is 15.1. The molecule has 134 valence electrons. The summed E-state index contributed by atoms with van der Waals surface area (Å²) in [6.45, 7) is 6.34. The highest BCUT2D eigenvalue weighted by Crippen LogP contribution is 2.22. The van der Waals surface area contributed by atoms with Gasteiger partial charge < -0.3 is 9.94 Å². The van der Waals surface area contributed by atoms with Crippen LogP contribution in [0.4, 0.5) is 0 Å². The van der Waals surface area contributed by atoms with Gasteiger partial charge in [-0.2, -0.15) is 5.06 Å². The second kappa shape index (κ2) is 9.35. The van der Waals surface area contributed by atoms with Gasteiger partial charge in [0, 0.05) is 6.54 Å². The fourth-order valence-electron chi connectivity index (χ4n) is 2.66. The molecule has 0 spiro atoms. The van der Waals surface area contributed by atoms with Crippen molar-refractivity contribution in [3.05, 3.63) is 71.8 Å². The number of hydrogen-bond donors (Lipinski definition) is 1. The van der Waals surface area contributed by atoms with Gasteiger partial charge in [-0.25, -0.2) is 0 Å². The lowest BCUT2D eigenvalue weighted by molar-refractivity contribution is -0.167. The van der Waals surface area contributed by atoms with E-state index in [-0.39, 0.29) is 37.0 Å². The van der Waals surface area contributed by atoms with Gasteiger partial charge in [0.1, 0.15) is 6.61 Å². The molecule has 0 heterocycles. The van der Waals surface area contributed by atoms with Crippen LogP contribution >= 0.6 is 0 Å². The van der Waals surface area contributed by atoms with Gasteiger partial charge in [0.05, 0.1) is 12.0 Å². The third kappa shape index (κ3) is 5.69. The number of rotatable bonds is 8. The molecule has 0 saturated heterocycles. The first-order valence-corrected chi connectivity index (χ1v) is 8.70. The zero-order chi connectivity index (χ0) is 18.2. The van der Waals surface area contributed by atoms with Crippen LogP contribution < -0.4 is 0 Å². The van der Waals surface area contributed by atoms with E-state index >= 15 is 0 Å². The third-order valence-corrected chi connectivity index (χ3v) is 4.44. The topological polar surface area (TPSA) is 49.8 Å². The van der Waals surface area contributed by atoms with Crippen molar-refractivity contribution in [2.24, 2.45) is 11.8 Å². The summed E-state index contributed by atoms with van der Waals surface area (Å²) in [5.74, 6) is -0.598. The van der Waals surface area contributed by atoms with Crippen LogP contribution in [0.2, 0.25) is 0 Å². The van der Waals surface area contributed by atoms with Crippen LogP contribution in [-0.4, -0.2) is 22.8 Å². The highest BCUT2D eigenvalue weighted by Gasteiger charge is 2.28. The normalized spacial score (nSPS) is 13.7. The van der Waals surface area contributed by atoms with Crippen LogP contribution in [-0.2, 0) is 16.1 Å². The molecular weight excluding hydrogens is 314 g/mol. The Morgan fingerprint density at radius 1 is 1.00 bits per heavy atom. The lowest BCUT2D eigenvalue weighted by Crippen LogP contribution is -2.36. The molecule has 0 aliphatic carbocycles. The largest absolute Gasteiger partial charge is 0.461 e. The number of ether oxygens (including phenoxy) is 1. The van der Waals surface area contributed by atoms with E-state index in [4.69, 9.17) is 4.74 Å². The van der Waals surface area contributed by atoms with Crippen molar-refractivity contribution >= 4 is 5.97 Å². The van der Waals surface area contributed by atoms with Crippen LogP contribution in [0.15, 0.2) is 60.7 Å². The van der Waals surface area contributed by atoms with Crippen LogP contribution in [0.1, 0.15) is 37.9 Å². The SMILES string of the molecule is CC(C)C(CN(O)[C@@H](C)c1ccccc1)C(=O)OCc1ccccc1. The van der Waals surface area contributed by atoms with E-state index in [0.717, 1.165) is 11.1 Å². The summed E-state index contributed by atoms with van der Waals surface area (Å²) in [7, 11) is 0. The summed E-state index contributed by atoms with van der Waals surface area (Å²) in [6, 6.07) is 19.2. The molecule has 2 aromatic carbocycles. The molecule has 2 aromatic rings. The first-order chi connectivity index (χ1) is 12.0. The smallest absolute Gasteiger partial charge is 0.310 e. The van der Waals surface area contributed by atoms with E-state index in [0.29, 0.717) is 0 Å². The minimum atomic E-state index is -0.389. The summed E-state index contributed by atoms with van der Waals surface area (Å²) in [6.07, 6.45) is 0. The molecular formula is C21H27NO3. The first-order valence-electron chi connectivity index (χ1n) is 8.70. The second-order valence-electron chi connectivity index (χ2n) is 6.65. The maximum Gasteiger partial charge on any atom is 0.310 e. The fraction of sp³-hybridized carbons (Fsp3) is 0.381. The lowest BCUT2D eigenvalue weighted by atomic mass is 9.95. The monoisotopic (exact) mass is 341 g/mol. The van der Waals surface area contributed by atoms with Crippen molar-refractivity contribution in [3.63, 3.8) is 0 Å². The third-order valence-electron chi connectivity index (χ3n) is 4.44. The highest BCUT2D eigenvalue weighted by atomic mass is 16.5. The van der Waals surface area contributed by atoms with E-state index in [1.165, 1.54) is 5.06 Å². The molecule has 0 radical (unpaired) electrons. The van der Waals surface area contributed by atoms with Crippen LogP contribution in [0.5, 0.6) is 0 Å². The van der Waals surface area contributed by atoms with Gasteiger partial charge in [-0.1, -0.05) is 74.5 Å². The summed E-state index contributed by atoms with van der Waals surface area (Å²) >= 11 is 0. The summed E-state index contributed by atoms with van der Waals surface area (Å²) in [4.78, 5) is 12.5. The van der Waals surface area contributed by atoms with Crippen molar-refractivity contribution < 1.29 is 14.7 Å². The Kier molecular flexibility index (Phi) is 7.16. The Morgan fingerprint density at radius 3 is 2.12 bits per heavy atom. The molecule has 2 atom stereocenters. The van der Waals surface area contributed by atoms with Crippen LogP contribution in [0.3, 0.4) is 0 Å². The van der Waals surface area contributed by atoms with Gasteiger partial charge >= 0.3 is 5.97 Å². The molecule has 0 fully saturated rings. The minimum absolute atomic E-state index is 0.0703. The Labute approximate surface area is 150 Å². The Balaban J connectivity index is 1.96. The molecule has 4 nitrogen and oxygen atoms in total. The van der Waals surface area contributed by atoms with Gasteiger partial charge in [0.2, 0.25) is 0 Å². The molecule has 1 N–H and O–H groups in total. The quantitative estimate of drug-likeness (QED) is 0.569. The highest BCUT2D eigenvalue weighted by molar-refractivity contribution is 5.73.